The molecular weight excluding hydrogens is 362 g/mol. The van der Waals surface area contributed by atoms with Gasteiger partial charge in [0.15, 0.2) is 0 Å². The Hall–Kier alpha value is -1.82. The van der Waals surface area contributed by atoms with Crippen LogP contribution in [0.5, 0.6) is 0 Å². The summed E-state index contributed by atoms with van der Waals surface area (Å²) in [6.45, 7) is 6.85. The molecule has 0 radical (unpaired) electrons. The number of halogens is 1. The van der Waals surface area contributed by atoms with Gasteiger partial charge >= 0.3 is 0 Å². The molecule has 2 heterocycles. The van der Waals surface area contributed by atoms with Crippen LogP contribution >= 0.6 is 11.6 Å². The number of piperidine rings is 1. The number of benzene rings is 1. The van der Waals surface area contributed by atoms with Crippen LogP contribution < -0.4 is 5.73 Å². The van der Waals surface area contributed by atoms with Gasteiger partial charge in [-0.3, -0.25) is 4.79 Å². The predicted molar refractivity (Wildman–Crippen MR) is 109 cm³/mol. The summed E-state index contributed by atoms with van der Waals surface area (Å²) in [5, 5.41) is 0.703. The first-order valence-electron chi connectivity index (χ1n) is 9.57. The van der Waals surface area contributed by atoms with Gasteiger partial charge in [-0.05, 0) is 70.0 Å². The average molecular weight is 390 g/mol. The summed E-state index contributed by atoms with van der Waals surface area (Å²) in [6, 6.07) is 9.66. The monoisotopic (exact) mass is 389 g/mol. The van der Waals surface area contributed by atoms with Crippen molar-refractivity contribution in [3.63, 3.8) is 0 Å². The van der Waals surface area contributed by atoms with Crippen molar-refractivity contribution in [2.75, 3.05) is 26.2 Å². The second-order valence-corrected chi connectivity index (χ2v) is 7.54. The second-order valence-electron chi connectivity index (χ2n) is 7.10. The largest absolute Gasteiger partial charge is 0.378 e. The summed E-state index contributed by atoms with van der Waals surface area (Å²) in [4.78, 5) is 15.0. The molecule has 5 nitrogen and oxygen atoms in total. The van der Waals surface area contributed by atoms with Gasteiger partial charge in [-0.25, -0.2) is 0 Å². The van der Waals surface area contributed by atoms with E-state index in [-0.39, 0.29) is 12.0 Å². The van der Waals surface area contributed by atoms with E-state index in [4.69, 9.17) is 22.1 Å². The van der Waals surface area contributed by atoms with Gasteiger partial charge in [0.2, 0.25) is 0 Å². The van der Waals surface area contributed by atoms with Gasteiger partial charge in [-0.15, -0.1) is 0 Å². The number of aromatic nitrogens is 1. The summed E-state index contributed by atoms with van der Waals surface area (Å²) in [5.41, 5.74) is 9.29. The SMILES string of the molecule is Cc1cc(C(=O)N2CCC(OCCCN)CC2)c(C)n1-c1ccc(Cl)cc1. The van der Waals surface area contributed by atoms with Gasteiger partial charge in [0.25, 0.3) is 5.91 Å². The molecule has 2 N–H and O–H groups in total. The standard InChI is InChI=1S/C21H28ClN3O2/c1-15-14-20(16(2)25(15)18-6-4-17(22)5-7-18)21(26)24-11-8-19(9-12-24)27-13-3-10-23/h4-7,14,19H,3,8-13,23H2,1-2H3. The number of carbonyl (C=O) groups excluding carboxylic acids is 1. The van der Waals surface area contributed by atoms with Crippen molar-refractivity contribution in [1.82, 2.24) is 9.47 Å². The molecule has 1 aliphatic rings. The highest BCUT2D eigenvalue weighted by Gasteiger charge is 2.26. The van der Waals surface area contributed by atoms with Crippen LogP contribution in [0, 0.1) is 13.8 Å². The summed E-state index contributed by atoms with van der Waals surface area (Å²) in [6.07, 6.45) is 2.89. The molecule has 3 rings (SSSR count). The van der Waals surface area contributed by atoms with Crippen LogP contribution in [0.1, 0.15) is 41.0 Å². The summed E-state index contributed by atoms with van der Waals surface area (Å²) in [7, 11) is 0. The second kappa shape index (κ2) is 8.91. The zero-order valence-electron chi connectivity index (χ0n) is 16.1. The first-order valence-corrected chi connectivity index (χ1v) is 9.95. The molecule has 0 unspecified atom stereocenters. The first kappa shape index (κ1) is 19.9. The van der Waals surface area contributed by atoms with Crippen LogP contribution in [0.2, 0.25) is 5.02 Å². The van der Waals surface area contributed by atoms with Crippen LogP contribution in [0.4, 0.5) is 0 Å². The summed E-state index contributed by atoms with van der Waals surface area (Å²) < 4.78 is 7.94. The number of likely N-dealkylation sites (tertiary alicyclic amines) is 1. The zero-order valence-corrected chi connectivity index (χ0v) is 16.8. The fourth-order valence-corrected chi connectivity index (χ4v) is 3.82. The lowest BCUT2D eigenvalue weighted by atomic mass is 10.1. The Bertz CT molecular complexity index is 777. The van der Waals surface area contributed by atoms with E-state index in [9.17, 15) is 4.79 Å². The van der Waals surface area contributed by atoms with Crippen LogP contribution in [0.3, 0.4) is 0 Å². The van der Waals surface area contributed by atoms with E-state index in [0.29, 0.717) is 18.2 Å². The Morgan fingerprint density at radius 2 is 1.89 bits per heavy atom. The van der Waals surface area contributed by atoms with E-state index in [1.54, 1.807) is 0 Å². The third-order valence-electron chi connectivity index (χ3n) is 5.18. The van der Waals surface area contributed by atoms with E-state index in [2.05, 4.69) is 4.57 Å². The van der Waals surface area contributed by atoms with Crippen LogP contribution in [0.15, 0.2) is 30.3 Å². The highest BCUT2D eigenvalue weighted by Crippen LogP contribution is 2.24. The van der Waals surface area contributed by atoms with Crippen molar-refractivity contribution in [2.24, 2.45) is 5.73 Å². The maximum Gasteiger partial charge on any atom is 0.255 e. The summed E-state index contributed by atoms with van der Waals surface area (Å²) in [5.74, 6) is 0.101. The fourth-order valence-electron chi connectivity index (χ4n) is 3.70. The number of hydrogen-bond acceptors (Lipinski definition) is 3. The van der Waals surface area contributed by atoms with Gasteiger partial charge in [0, 0.05) is 41.8 Å². The van der Waals surface area contributed by atoms with Crippen molar-refractivity contribution in [1.29, 1.82) is 0 Å². The molecule has 1 saturated heterocycles. The quantitative estimate of drug-likeness (QED) is 0.766. The van der Waals surface area contributed by atoms with Gasteiger partial charge < -0.3 is 19.9 Å². The Balaban J connectivity index is 1.69. The number of ether oxygens (including phenoxy) is 1. The minimum Gasteiger partial charge on any atom is -0.378 e. The number of rotatable bonds is 6. The molecular formula is C21H28ClN3O2. The lowest BCUT2D eigenvalue weighted by Gasteiger charge is -2.32. The minimum atomic E-state index is 0.101. The van der Waals surface area contributed by atoms with Gasteiger partial charge in [-0.1, -0.05) is 11.6 Å². The molecule has 6 heteroatoms. The van der Waals surface area contributed by atoms with Crippen LogP contribution in [0.25, 0.3) is 5.69 Å². The minimum absolute atomic E-state index is 0.101. The lowest BCUT2D eigenvalue weighted by Crippen LogP contribution is -2.41. The molecule has 1 amide bonds. The average Bonchev–Trinajstić information content (AvgIpc) is 2.97. The highest BCUT2D eigenvalue weighted by atomic mass is 35.5. The van der Waals surface area contributed by atoms with Crippen LogP contribution in [-0.4, -0.2) is 47.7 Å². The van der Waals surface area contributed by atoms with Crippen molar-refractivity contribution in [3.8, 4) is 5.69 Å². The van der Waals surface area contributed by atoms with Crippen LogP contribution in [-0.2, 0) is 4.74 Å². The van der Waals surface area contributed by atoms with E-state index < -0.39 is 0 Å². The molecule has 1 aromatic carbocycles. The fraction of sp³-hybridized carbons (Fsp3) is 0.476. The smallest absolute Gasteiger partial charge is 0.255 e. The molecule has 0 saturated carbocycles. The Morgan fingerprint density at radius 3 is 2.52 bits per heavy atom. The maximum atomic E-state index is 13.1. The molecule has 1 aliphatic heterocycles. The molecule has 0 bridgehead atoms. The van der Waals surface area contributed by atoms with E-state index in [0.717, 1.165) is 55.0 Å². The molecule has 0 atom stereocenters. The van der Waals surface area contributed by atoms with Crippen molar-refractivity contribution < 1.29 is 9.53 Å². The maximum absolute atomic E-state index is 13.1. The Kier molecular flexibility index (Phi) is 6.58. The molecule has 1 aromatic heterocycles. The number of amides is 1. The molecule has 2 aromatic rings. The third kappa shape index (κ3) is 4.54. The number of aryl methyl sites for hydroxylation is 1. The van der Waals surface area contributed by atoms with Gasteiger partial charge in [0.1, 0.15) is 0 Å². The van der Waals surface area contributed by atoms with Crippen molar-refractivity contribution >= 4 is 17.5 Å². The van der Waals surface area contributed by atoms with Gasteiger partial charge in [0.05, 0.1) is 11.7 Å². The topological polar surface area (TPSA) is 60.5 Å². The van der Waals surface area contributed by atoms with E-state index >= 15 is 0 Å². The molecule has 0 aliphatic carbocycles. The number of hydrogen-bond donors (Lipinski definition) is 1. The van der Waals surface area contributed by atoms with E-state index in [1.165, 1.54) is 0 Å². The van der Waals surface area contributed by atoms with Crippen molar-refractivity contribution in [3.05, 3.63) is 52.3 Å². The zero-order chi connectivity index (χ0) is 19.4. The van der Waals surface area contributed by atoms with Crippen molar-refractivity contribution in [2.45, 2.75) is 39.2 Å². The molecule has 27 heavy (non-hydrogen) atoms. The first-order chi connectivity index (χ1) is 13.0. The third-order valence-corrected chi connectivity index (χ3v) is 5.43. The molecule has 1 fully saturated rings. The normalized spacial score (nSPS) is 15.3. The van der Waals surface area contributed by atoms with E-state index in [1.807, 2.05) is 49.1 Å². The Labute approximate surface area is 166 Å². The number of nitrogens with zero attached hydrogens (tertiary/aromatic N) is 2. The number of carbonyl (C=O) groups is 1. The van der Waals surface area contributed by atoms with Gasteiger partial charge in [-0.2, -0.15) is 0 Å². The highest BCUT2D eigenvalue weighted by molar-refractivity contribution is 6.30. The number of nitrogens with two attached hydrogens (primary N) is 1. The Morgan fingerprint density at radius 1 is 1.22 bits per heavy atom. The molecule has 146 valence electrons. The summed E-state index contributed by atoms with van der Waals surface area (Å²) >= 11 is 6.00. The molecule has 0 spiro atoms. The lowest BCUT2D eigenvalue weighted by molar-refractivity contribution is 0.00843. The predicted octanol–water partition coefficient (Wildman–Crippen LogP) is 3.72.